The molecule has 1 nitrogen and oxygen atoms in total. The highest BCUT2D eigenvalue weighted by atomic mass is 14.6. The van der Waals surface area contributed by atoms with Gasteiger partial charge < -0.3 is 4.99 Å². The lowest BCUT2D eigenvalue weighted by molar-refractivity contribution is 1.30. The van der Waals surface area contributed by atoms with Gasteiger partial charge in [0.25, 0.3) is 0 Å². The Morgan fingerprint density at radius 1 is 1.27 bits per heavy atom. The Morgan fingerprint density at radius 3 is 2.64 bits per heavy atom. The molecule has 0 heterocycles. The molecular weight excluding hydrogens is 134 g/mol. The van der Waals surface area contributed by atoms with E-state index in [0.29, 0.717) is 0 Å². The van der Waals surface area contributed by atoms with Gasteiger partial charge in [0.15, 0.2) is 0 Å². The van der Waals surface area contributed by atoms with Gasteiger partial charge in [-0.25, -0.2) is 0 Å². The third kappa shape index (κ3) is 2.99. The molecule has 0 aliphatic heterocycles. The normalized spacial score (nSPS) is 10.6. The molecule has 57 valence electrons. The first-order valence-corrected chi connectivity index (χ1v) is 3.72. The Kier molecular flexibility index (Phi) is 3.39. The zero-order valence-corrected chi connectivity index (χ0v) is 6.70. The summed E-state index contributed by atoms with van der Waals surface area (Å²) in [6, 6.07) is 10.3. The second kappa shape index (κ2) is 4.67. The van der Waals surface area contributed by atoms with Crippen LogP contribution in [0.4, 0.5) is 0 Å². The standard InChI is InChI=1S/C10H12N/c1-11-9-5-8-10-6-3-2-4-7-10/h2-4,6-9H,5H2,1H3. The number of rotatable bonds is 3. The van der Waals surface area contributed by atoms with Crippen molar-refractivity contribution in [3.8, 4) is 0 Å². The van der Waals surface area contributed by atoms with E-state index in [0.717, 1.165) is 6.42 Å². The highest BCUT2D eigenvalue weighted by Crippen LogP contribution is 2.02. The Labute approximate surface area is 67.8 Å². The molecule has 0 unspecified atom stereocenters. The Balaban J connectivity index is 2.39. The van der Waals surface area contributed by atoms with Crippen molar-refractivity contribution >= 4 is 6.21 Å². The van der Waals surface area contributed by atoms with Crippen LogP contribution in [0.3, 0.4) is 0 Å². The highest BCUT2D eigenvalue weighted by molar-refractivity contribution is 5.59. The maximum atomic E-state index is 3.89. The van der Waals surface area contributed by atoms with E-state index < -0.39 is 0 Å². The molecular formula is C10H12N. The van der Waals surface area contributed by atoms with Crippen molar-refractivity contribution in [2.24, 2.45) is 4.99 Å². The maximum absolute atomic E-state index is 3.89. The fourth-order valence-electron chi connectivity index (χ4n) is 0.883. The average molecular weight is 146 g/mol. The van der Waals surface area contributed by atoms with Gasteiger partial charge in [-0.05, 0) is 24.6 Å². The topological polar surface area (TPSA) is 12.4 Å². The van der Waals surface area contributed by atoms with Gasteiger partial charge >= 0.3 is 0 Å². The summed E-state index contributed by atoms with van der Waals surface area (Å²) in [5.41, 5.74) is 1.26. The first kappa shape index (κ1) is 7.99. The first-order chi connectivity index (χ1) is 5.43. The van der Waals surface area contributed by atoms with Crippen LogP contribution in [0.2, 0.25) is 0 Å². The highest BCUT2D eigenvalue weighted by Gasteiger charge is 1.87. The molecule has 0 N–H and O–H groups in total. The summed E-state index contributed by atoms with van der Waals surface area (Å²) >= 11 is 0. The van der Waals surface area contributed by atoms with E-state index in [4.69, 9.17) is 0 Å². The molecule has 1 rings (SSSR count). The summed E-state index contributed by atoms with van der Waals surface area (Å²) in [7, 11) is 1.79. The second-order valence-electron chi connectivity index (χ2n) is 2.29. The molecule has 1 radical (unpaired) electrons. The maximum Gasteiger partial charge on any atom is 0.0273 e. The molecule has 0 aliphatic carbocycles. The van der Waals surface area contributed by atoms with Gasteiger partial charge in [0.1, 0.15) is 0 Å². The van der Waals surface area contributed by atoms with Gasteiger partial charge in [-0.3, -0.25) is 0 Å². The second-order valence-corrected chi connectivity index (χ2v) is 2.29. The van der Waals surface area contributed by atoms with Crippen molar-refractivity contribution < 1.29 is 0 Å². The molecule has 0 spiro atoms. The summed E-state index contributed by atoms with van der Waals surface area (Å²) < 4.78 is 0. The lowest BCUT2D eigenvalue weighted by Crippen LogP contribution is -1.81. The minimum atomic E-state index is 0.917. The number of aliphatic imine (C=N–C) groups is 1. The first-order valence-electron chi connectivity index (χ1n) is 3.72. The van der Waals surface area contributed by atoms with Gasteiger partial charge in [0.2, 0.25) is 0 Å². The Morgan fingerprint density at radius 2 is 2.00 bits per heavy atom. The number of nitrogens with zero attached hydrogens (tertiary/aromatic N) is 1. The molecule has 1 heteroatoms. The summed E-state index contributed by atoms with van der Waals surface area (Å²) in [6.45, 7) is 0. The van der Waals surface area contributed by atoms with Crippen LogP contribution in [0.1, 0.15) is 12.0 Å². The van der Waals surface area contributed by atoms with Gasteiger partial charge in [-0.1, -0.05) is 30.3 Å². The Bertz CT molecular complexity index is 214. The monoisotopic (exact) mass is 146 g/mol. The zero-order valence-electron chi connectivity index (χ0n) is 6.70. The third-order valence-electron chi connectivity index (χ3n) is 1.44. The quantitative estimate of drug-likeness (QED) is 0.580. The van der Waals surface area contributed by atoms with Crippen LogP contribution in [-0.4, -0.2) is 13.3 Å². The zero-order chi connectivity index (χ0) is 7.94. The average Bonchev–Trinajstić information content (AvgIpc) is 2.07. The van der Waals surface area contributed by atoms with Crippen LogP contribution < -0.4 is 0 Å². The van der Waals surface area contributed by atoms with Crippen LogP contribution in [0.5, 0.6) is 0 Å². The molecule has 0 saturated carbocycles. The molecule has 0 aliphatic rings. The molecule has 11 heavy (non-hydrogen) atoms. The summed E-state index contributed by atoms with van der Waals surface area (Å²) in [6.07, 6.45) is 4.96. The van der Waals surface area contributed by atoms with Gasteiger partial charge in [0.05, 0.1) is 0 Å². The van der Waals surface area contributed by atoms with E-state index in [1.54, 1.807) is 7.05 Å². The molecule has 1 aromatic rings. The third-order valence-corrected chi connectivity index (χ3v) is 1.44. The SMILES string of the molecule is CN=CC[CH]c1ccccc1. The molecule has 0 amide bonds. The van der Waals surface area contributed by atoms with Crippen LogP contribution >= 0.6 is 0 Å². The van der Waals surface area contributed by atoms with Crippen molar-refractivity contribution in [2.75, 3.05) is 7.05 Å². The summed E-state index contributed by atoms with van der Waals surface area (Å²) in [5.74, 6) is 0. The minimum absolute atomic E-state index is 0.917. The van der Waals surface area contributed by atoms with Crippen molar-refractivity contribution in [1.29, 1.82) is 0 Å². The van der Waals surface area contributed by atoms with E-state index in [1.165, 1.54) is 5.56 Å². The van der Waals surface area contributed by atoms with E-state index in [9.17, 15) is 0 Å². The lowest BCUT2D eigenvalue weighted by atomic mass is 10.1. The van der Waals surface area contributed by atoms with Crippen molar-refractivity contribution in [3.05, 3.63) is 42.3 Å². The predicted molar refractivity (Wildman–Crippen MR) is 48.9 cm³/mol. The molecule has 0 saturated heterocycles. The van der Waals surface area contributed by atoms with Crippen LogP contribution in [0.15, 0.2) is 35.3 Å². The smallest absolute Gasteiger partial charge is 0.0273 e. The fourth-order valence-corrected chi connectivity index (χ4v) is 0.883. The van der Waals surface area contributed by atoms with E-state index >= 15 is 0 Å². The minimum Gasteiger partial charge on any atom is -0.301 e. The molecule has 0 fully saturated rings. The summed E-state index contributed by atoms with van der Waals surface area (Å²) in [5, 5.41) is 0. The van der Waals surface area contributed by atoms with Gasteiger partial charge in [-0.15, -0.1) is 0 Å². The lowest BCUT2D eigenvalue weighted by Gasteiger charge is -1.94. The molecule has 0 bridgehead atoms. The van der Waals surface area contributed by atoms with E-state index in [1.807, 2.05) is 24.4 Å². The summed E-state index contributed by atoms with van der Waals surface area (Å²) in [4.78, 5) is 3.89. The van der Waals surface area contributed by atoms with Crippen LogP contribution in [0, 0.1) is 6.42 Å². The van der Waals surface area contributed by atoms with Crippen LogP contribution in [-0.2, 0) is 0 Å². The number of hydrogen-bond acceptors (Lipinski definition) is 1. The van der Waals surface area contributed by atoms with Gasteiger partial charge in [-0.2, -0.15) is 0 Å². The van der Waals surface area contributed by atoms with E-state index in [2.05, 4.69) is 23.5 Å². The fraction of sp³-hybridized carbons (Fsp3) is 0.200. The predicted octanol–water partition coefficient (Wildman–Crippen LogP) is 2.33. The Hall–Kier alpha value is -1.11. The molecule has 1 aromatic carbocycles. The van der Waals surface area contributed by atoms with Gasteiger partial charge in [0, 0.05) is 7.05 Å². The molecule has 0 atom stereocenters. The largest absolute Gasteiger partial charge is 0.301 e. The number of hydrogen-bond donors (Lipinski definition) is 0. The van der Waals surface area contributed by atoms with Crippen molar-refractivity contribution in [1.82, 2.24) is 0 Å². The van der Waals surface area contributed by atoms with Crippen molar-refractivity contribution in [3.63, 3.8) is 0 Å². The molecule has 0 aromatic heterocycles. The van der Waals surface area contributed by atoms with E-state index in [-0.39, 0.29) is 0 Å². The number of benzene rings is 1. The van der Waals surface area contributed by atoms with Crippen LogP contribution in [0.25, 0.3) is 0 Å². The van der Waals surface area contributed by atoms with Crippen molar-refractivity contribution in [2.45, 2.75) is 6.42 Å².